The molecule has 0 aromatic heterocycles. The van der Waals surface area contributed by atoms with E-state index in [-0.39, 0.29) is 18.7 Å². The average Bonchev–Trinajstić information content (AvgIpc) is 2.59. The number of carbonyl (C=O) groups is 1. The number of hydrogen-bond acceptors (Lipinski definition) is 5. The zero-order valence-corrected chi connectivity index (χ0v) is 10.8. The van der Waals surface area contributed by atoms with Gasteiger partial charge in [-0.05, 0) is 34.7 Å². The highest BCUT2D eigenvalue weighted by Gasteiger charge is 2.26. The van der Waals surface area contributed by atoms with Crippen LogP contribution in [0.5, 0.6) is 0 Å². The first-order chi connectivity index (χ1) is 7.69. The number of carbonyl (C=O) groups excluding carboxylic acids is 1. The van der Waals surface area contributed by atoms with Gasteiger partial charge in [0.05, 0.1) is 6.54 Å². The van der Waals surface area contributed by atoms with E-state index in [9.17, 15) is 4.79 Å². The highest BCUT2D eigenvalue weighted by atomic mass is 127. The van der Waals surface area contributed by atoms with Crippen LogP contribution in [0.3, 0.4) is 0 Å². The lowest BCUT2D eigenvalue weighted by molar-refractivity contribution is -0.125. The summed E-state index contributed by atoms with van der Waals surface area (Å²) in [5.74, 6) is 0.613. The summed E-state index contributed by atoms with van der Waals surface area (Å²) in [4.78, 5) is 15.6. The lowest BCUT2D eigenvalue weighted by Gasteiger charge is -2.16. The Hall–Kier alpha value is -0.960. The van der Waals surface area contributed by atoms with Crippen molar-refractivity contribution in [3.63, 3.8) is 0 Å². The number of amides is 1. The summed E-state index contributed by atoms with van der Waals surface area (Å²) in [6.45, 7) is 0.625. The minimum atomic E-state index is -0.242. The third-order valence-corrected chi connectivity index (χ3v) is 2.66. The number of allylic oxidation sites excluding steroid dienone is 1. The Morgan fingerprint density at radius 2 is 2.56 bits per heavy atom. The number of aliphatic imine (C=N–C) groups is 1. The van der Waals surface area contributed by atoms with Crippen LogP contribution in [0, 0.1) is 0 Å². The molecule has 1 N–H and O–H groups in total. The molecule has 0 aliphatic carbocycles. The second kappa shape index (κ2) is 4.91. The van der Waals surface area contributed by atoms with Crippen LogP contribution in [0.25, 0.3) is 0 Å². The van der Waals surface area contributed by atoms with Crippen LogP contribution in [0.15, 0.2) is 22.2 Å². The molecule has 0 radical (unpaired) electrons. The molecule has 0 saturated carbocycles. The SMILES string of the molecule is COCC(=O)NC1CN2N=C(I)C=CC2=N1. The standard InChI is InChI=1S/C9H11IN4O2/c1-16-5-9(15)12-7-4-14-8(11-7)3-2-6(10)13-14/h2-3,7H,4-5H2,1H3,(H,12,15). The van der Waals surface area contributed by atoms with E-state index in [0.29, 0.717) is 6.54 Å². The van der Waals surface area contributed by atoms with Gasteiger partial charge in [0, 0.05) is 7.11 Å². The van der Waals surface area contributed by atoms with Crippen molar-refractivity contribution in [3.8, 4) is 0 Å². The molecule has 6 nitrogen and oxygen atoms in total. The lowest BCUT2D eigenvalue weighted by atomic mass is 10.4. The third-order valence-electron chi connectivity index (χ3n) is 2.09. The first-order valence-electron chi connectivity index (χ1n) is 4.75. The van der Waals surface area contributed by atoms with Gasteiger partial charge in [-0.2, -0.15) is 5.10 Å². The smallest absolute Gasteiger partial charge is 0.247 e. The van der Waals surface area contributed by atoms with Gasteiger partial charge in [0.15, 0.2) is 0 Å². The molecule has 0 aromatic rings. The summed E-state index contributed by atoms with van der Waals surface area (Å²) in [6, 6.07) is 0. The number of nitrogens with one attached hydrogen (secondary N) is 1. The number of hydrogen-bond donors (Lipinski definition) is 1. The monoisotopic (exact) mass is 334 g/mol. The molecule has 0 aromatic carbocycles. The Kier molecular flexibility index (Phi) is 3.54. The maximum atomic E-state index is 11.3. The molecule has 1 amide bonds. The van der Waals surface area contributed by atoms with E-state index in [1.54, 1.807) is 5.01 Å². The van der Waals surface area contributed by atoms with Gasteiger partial charge in [-0.15, -0.1) is 0 Å². The highest BCUT2D eigenvalue weighted by molar-refractivity contribution is 14.1. The van der Waals surface area contributed by atoms with Gasteiger partial charge in [-0.3, -0.25) is 4.79 Å². The summed E-state index contributed by atoms with van der Waals surface area (Å²) < 4.78 is 5.64. The summed E-state index contributed by atoms with van der Waals surface area (Å²) >= 11 is 2.14. The molecule has 1 unspecified atom stereocenters. The third kappa shape index (κ3) is 2.59. The van der Waals surface area contributed by atoms with Crippen LogP contribution >= 0.6 is 22.6 Å². The molecule has 0 fully saturated rings. The van der Waals surface area contributed by atoms with E-state index in [2.05, 4.69) is 38.0 Å². The number of halogens is 1. The second-order valence-corrected chi connectivity index (χ2v) is 4.45. The number of amidine groups is 1. The van der Waals surface area contributed by atoms with Gasteiger partial charge in [-0.1, -0.05) is 0 Å². The Labute approximate surface area is 107 Å². The Bertz CT molecular complexity index is 391. The minimum absolute atomic E-state index is 0.0536. The number of methoxy groups -OCH3 is 1. The van der Waals surface area contributed by atoms with Crippen molar-refractivity contribution in [2.24, 2.45) is 10.1 Å². The second-order valence-electron chi connectivity index (χ2n) is 3.34. The molecular formula is C9H11IN4O2. The fourth-order valence-electron chi connectivity index (χ4n) is 1.47. The molecule has 0 spiro atoms. The van der Waals surface area contributed by atoms with Crippen molar-refractivity contribution in [3.05, 3.63) is 12.2 Å². The molecular weight excluding hydrogens is 323 g/mol. The van der Waals surface area contributed by atoms with Crippen molar-refractivity contribution in [2.45, 2.75) is 6.17 Å². The van der Waals surface area contributed by atoms with Crippen molar-refractivity contribution < 1.29 is 9.53 Å². The number of nitrogens with zero attached hydrogens (tertiary/aromatic N) is 3. The Balaban J connectivity index is 1.96. The first-order valence-corrected chi connectivity index (χ1v) is 5.83. The molecule has 1 atom stereocenters. The zero-order valence-electron chi connectivity index (χ0n) is 8.68. The van der Waals surface area contributed by atoms with Gasteiger partial charge >= 0.3 is 0 Å². The molecule has 0 bridgehead atoms. The van der Waals surface area contributed by atoms with Crippen LogP contribution in [0.1, 0.15) is 0 Å². The molecule has 0 saturated heterocycles. The zero-order chi connectivity index (χ0) is 11.5. The van der Waals surface area contributed by atoms with Crippen LogP contribution in [0.4, 0.5) is 0 Å². The maximum Gasteiger partial charge on any atom is 0.247 e. The van der Waals surface area contributed by atoms with Crippen molar-refractivity contribution in [1.82, 2.24) is 10.3 Å². The fraction of sp³-hybridized carbons (Fsp3) is 0.444. The lowest BCUT2D eigenvalue weighted by Crippen LogP contribution is -2.38. The predicted octanol–water partition coefficient (Wildman–Crippen LogP) is 0.108. The van der Waals surface area contributed by atoms with E-state index >= 15 is 0 Å². The fourth-order valence-corrected chi connectivity index (χ4v) is 1.91. The summed E-state index contributed by atoms with van der Waals surface area (Å²) in [5, 5.41) is 8.81. The van der Waals surface area contributed by atoms with Crippen molar-refractivity contribution in [1.29, 1.82) is 0 Å². The van der Waals surface area contributed by atoms with Crippen LogP contribution in [0.2, 0.25) is 0 Å². The van der Waals surface area contributed by atoms with Crippen LogP contribution < -0.4 is 5.32 Å². The molecule has 2 aliphatic rings. The molecule has 2 aliphatic heterocycles. The summed E-state index contributed by atoms with van der Waals surface area (Å²) in [7, 11) is 1.48. The maximum absolute atomic E-state index is 11.3. The quantitative estimate of drug-likeness (QED) is 0.745. The van der Waals surface area contributed by atoms with Gasteiger partial charge < -0.3 is 10.1 Å². The average molecular weight is 334 g/mol. The topological polar surface area (TPSA) is 66.3 Å². The molecule has 2 rings (SSSR count). The Morgan fingerprint density at radius 1 is 1.75 bits per heavy atom. The van der Waals surface area contributed by atoms with Gasteiger partial charge in [0.25, 0.3) is 0 Å². The van der Waals surface area contributed by atoms with E-state index < -0.39 is 0 Å². The summed E-state index contributed by atoms with van der Waals surface area (Å²) in [6.07, 6.45) is 3.53. The molecule has 2 heterocycles. The van der Waals surface area contributed by atoms with Crippen molar-refractivity contribution >= 4 is 38.1 Å². The number of fused-ring (bicyclic) bond motifs is 1. The molecule has 7 heteroatoms. The molecule has 16 heavy (non-hydrogen) atoms. The van der Waals surface area contributed by atoms with E-state index in [1.807, 2.05) is 12.2 Å². The highest BCUT2D eigenvalue weighted by Crippen LogP contribution is 2.14. The van der Waals surface area contributed by atoms with Crippen molar-refractivity contribution in [2.75, 3.05) is 20.3 Å². The van der Waals surface area contributed by atoms with Crippen LogP contribution in [-0.2, 0) is 9.53 Å². The van der Waals surface area contributed by atoms with E-state index in [0.717, 1.165) is 9.55 Å². The van der Waals surface area contributed by atoms with Gasteiger partial charge in [-0.25, -0.2) is 10.0 Å². The molecule has 86 valence electrons. The number of hydrazone groups is 1. The minimum Gasteiger partial charge on any atom is -0.375 e. The number of ether oxygens (including phenoxy) is 1. The summed E-state index contributed by atoms with van der Waals surface area (Å²) in [5.41, 5.74) is 0. The predicted molar refractivity (Wildman–Crippen MR) is 68.5 cm³/mol. The number of rotatable bonds is 3. The van der Waals surface area contributed by atoms with Gasteiger partial charge in [0.1, 0.15) is 22.3 Å². The van der Waals surface area contributed by atoms with Crippen LogP contribution in [-0.4, -0.2) is 46.9 Å². The largest absolute Gasteiger partial charge is 0.375 e. The first kappa shape index (κ1) is 11.5. The van der Waals surface area contributed by atoms with E-state index in [1.165, 1.54) is 7.11 Å². The Morgan fingerprint density at radius 3 is 3.31 bits per heavy atom. The normalized spacial score (nSPS) is 22.6. The van der Waals surface area contributed by atoms with E-state index in [4.69, 9.17) is 4.74 Å². The van der Waals surface area contributed by atoms with Gasteiger partial charge in [0.2, 0.25) is 5.91 Å².